The molecule has 1 heterocycles. The van der Waals surface area contributed by atoms with Gasteiger partial charge in [-0.3, -0.25) is 9.59 Å². The molecule has 0 bridgehead atoms. The van der Waals surface area contributed by atoms with E-state index in [0.29, 0.717) is 13.1 Å². The Morgan fingerprint density at radius 3 is 2.50 bits per heavy atom. The first-order valence-electron chi connectivity index (χ1n) is 6.90. The van der Waals surface area contributed by atoms with Gasteiger partial charge in [0, 0.05) is 25.6 Å². The fourth-order valence-corrected chi connectivity index (χ4v) is 2.96. The molecular formula is C13H23N3O2. The molecule has 1 saturated heterocycles. The van der Waals surface area contributed by atoms with Gasteiger partial charge >= 0.3 is 0 Å². The quantitative estimate of drug-likeness (QED) is 0.733. The lowest BCUT2D eigenvalue weighted by Gasteiger charge is -2.37. The van der Waals surface area contributed by atoms with Crippen molar-refractivity contribution in [3.8, 4) is 0 Å². The maximum atomic E-state index is 12.5. The van der Waals surface area contributed by atoms with Crippen LogP contribution in [0.4, 0.5) is 0 Å². The van der Waals surface area contributed by atoms with Crippen molar-refractivity contribution in [1.29, 1.82) is 0 Å². The molecule has 5 heteroatoms. The predicted octanol–water partition coefficient (Wildman–Crippen LogP) is 0.0984. The fraction of sp³-hybridized carbons (Fsp3) is 0.846. The van der Waals surface area contributed by atoms with E-state index in [1.165, 1.54) is 0 Å². The highest BCUT2D eigenvalue weighted by atomic mass is 16.2. The van der Waals surface area contributed by atoms with Crippen LogP contribution < -0.4 is 11.1 Å². The molecule has 5 nitrogen and oxygen atoms in total. The third-order valence-electron chi connectivity index (χ3n) is 4.22. The summed E-state index contributed by atoms with van der Waals surface area (Å²) in [5, 5.41) is 3.12. The summed E-state index contributed by atoms with van der Waals surface area (Å²) in [6, 6.07) is -0.467. The second kappa shape index (κ2) is 5.69. The molecule has 0 aromatic rings. The van der Waals surface area contributed by atoms with Crippen molar-refractivity contribution >= 4 is 11.8 Å². The van der Waals surface area contributed by atoms with E-state index in [1.54, 1.807) is 4.90 Å². The predicted molar refractivity (Wildman–Crippen MR) is 68.7 cm³/mol. The van der Waals surface area contributed by atoms with Gasteiger partial charge in [0.2, 0.25) is 11.8 Å². The number of hydrogen-bond acceptors (Lipinski definition) is 3. The molecule has 1 atom stereocenters. The summed E-state index contributed by atoms with van der Waals surface area (Å²) in [6.07, 6.45) is 4.14. The van der Waals surface area contributed by atoms with Crippen molar-refractivity contribution in [1.82, 2.24) is 10.2 Å². The normalized spacial score (nSPS) is 33.2. The van der Waals surface area contributed by atoms with Gasteiger partial charge in [-0.2, -0.15) is 0 Å². The van der Waals surface area contributed by atoms with Crippen LogP contribution in [0.1, 0.15) is 32.6 Å². The van der Waals surface area contributed by atoms with Gasteiger partial charge in [0.05, 0.1) is 0 Å². The molecule has 2 fully saturated rings. The molecule has 2 amide bonds. The summed E-state index contributed by atoms with van der Waals surface area (Å²) < 4.78 is 0. The number of rotatable bonds is 2. The number of nitrogens with zero attached hydrogens (tertiary/aromatic N) is 1. The van der Waals surface area contributed by atoms with E-state index in [1.807, 2.05) is 0 Å². The fourth-order valence-electron chi connectivity index (χ4n) is 2.96. The Balaban J connectivity index is 2.00. The highest BCUT2D eigenvalue weighted by Crippen LogP contribution is 2.30. The zero-order chi connectivity index (χ0) is 13.1. The number of primary amides is 1. The molecule has 1 saturated carbocycles. The lowest BCUT2D eigenvalue weighted by Crippen LogP contribution is -2.60. The minimum Gasteiger partial charge on any atom is -0.368 e. The smallest absolute Gasteiger partial charge is 0.241 e. The number of carbonyl (C=O) groups is 2. The average Bonchev–Trinajstić information content (AvgIpc) is 2.39. The molecular weight excluding hydrogens is 230 g/mol. The number of nitrogens with one attached hydrogen (secondary N) is 1. The zero-order valence-electron chi connectivity index (χ0n) is 11.0. The highest BCUT2D eigenvalue weighted by molar-refractivity contribution is 5.88. The van der Waals surface area contributed by atoms with Gasteiger partial charge in [0.25, 0.3) is 0 Å². The Labute approximate surface area is 108 Å². The standard InChI is InChI=1S/C13H23N3O2/c1-9-2-4-10(5-3-9)13(18)16-7-6-15-8-11(16)12(14)17/h9-11,15H,2-8H2,1H3,(H2,14,17). The second-order valence-electron chi connectivity index (χ2n) is 5.61. The summed E-state index contributed by atoms with van der Waals surface area (Å²) in [7, 11) is 0. The molecule has 18 heavy (non-hydrogen) atoms. The van der Waals surface area contributed by atoms with Crippen molar-refractivity contribution in [3.05, 3.63) is 0 Å². The van der Waals surface area contributed by atoms with E-state index in [2.05, 4.69) is 12.2 Å². The summed E-state index contributed by atoms with van der Waals surface area (Å²) in [5.74, 6) is 0.553. The molecule has 2 aliphatic rings. The number of carbonyl (C=O) groups excluding carboxylic acids is 2. The van der Waals surface area contributed by atoms with Crippen molar-refractivity contribution < 1.29 is 9.59 Å². The van der Waals surface area contributed by atoms with Crippen LogP contribution in [0.2, 0.25) is 0 Å². The van der Waals surface area contributed by atoms with E-state index in [-0.39, 0.29) is 11.8 Å². The Bertz CT molecular complexity index is 324. The zero-order valence-corrected chi connectivity index (χ0v) is 11.0. The van der Waals surface area contributed by atoms with Crippen LogP contribution in [0.5, 0.6) is 0 Å². The van der Waals surface area contributed by atoms with Crippen molar-refractivity contribution in [2.75, 3.05) is 19.6 Å². The Morgan fingerprint density at radius 1 is 1.22 bits per heavy atom. The number of nitrogens with two attached hydrogens (primary N) is 1. The van der Waals surface area contributed by atoms with E-state index >= 15 is 0 Å². The number of hydrogen-bond donors (Lipinski definition) is 2. The van der Waals surface area contributed by atoms with Crippen LogP contribution in [-0.2, 0) is 9.59 Å². The van der Waals surface area contributed by atoms with Gasteiger partial charge in [0.1, 0.15) is 6.04 Å². The van der Waals surface area contributed by atoms with Crippen LogP contribution in [0.25, 0.3) is 0 Å². The lowest BCUT2D eigenvalue weighted by molar-refractivity contribution is -0.144. The molecule has 0 spiro atoms. The molecule has 102 valence electrons. The minimum absolute atomic E-state index is 0.0983. The van der Waals surface area contributed by atoms with Crippen molar-refractivity contribution in [3.63, 3.8) is 0 Å². The molecule has 1 aliphatic carbocycles. The van der Waals surface area contributed by atoms with Gasteiger partial charge in [-0.1, -0.05) is 6.92 Å². The van der Waals surface area contributed by atoms with Crippen LogP contribution in [-0.4, -0.2) is 42.4 Å². The summed E-state index contributed by atoms with van der Waals surface area (Å²) >= 11 is 0. The van der Waals surface area contributed by atoms with Crippen molar-refractivity contribution in [2.45, 2.75) is 38.6 Å². The SMILES string of the molecule is CC1CCC(C(=O)N2CCNCC2C(N)=O)CC1. The van der Waals surface area contributed by atoms with Gasteiger partial charge in [-0.15, -0.1) is 0 Å². The monoisotopic (exact) mass is 253 g/mol. The van der Waals surface area contributed by atoms with E-state index in [9.17, 15) is 9.59 Å². The topological polar surface area (TPSA) is 75.4 Å². The first-order chi connectivity index (χ1) is 8.59. The highest BCUT2D eigenvalue weighted by Gasteiger charge is 2.35. The molecule has 2 rings (SSSR count). The molecule has 1 unspecified atom stereocenters. The van der Waals surface area contributed by atoms with E-state index < -0.39 is 11.9 Å². The number of piperazine rings is 1. The third-order valence-corrected chi connectivity index (χ3v) is 4.22. The molecule has 0 aromatic heterocycles. The van der Waals surface area contributed by atoms with Gasteiger partial charge in [-0.05, 0) is 31.6 Å². The summed E-state index contributed by atoms with van der Waals surface area (Å²) in [4.78, 5) is 25.6. The second-order valence-corrected chi connectivity index (χ2v) is 5.61. The van der Waals surface area contributed by atoms with Gasteiger partial charge < -0.3 is 16.0 Å². The average molecular weight is 253 g/mol. The minimum atomic E-state index is -0.467. The van der Waals surface area contributed by atoms with E-state index in [4.69, 9.17) is 5.73 Å². The van der Waals surface area contributed by atoms with Crippen LogP contribution in [0, 0.1) is 11.8 Å². The Kier molecular flexibility index (Phi) is 4.22. The first kappa shape index (κ1) is 13.3. The van der Waals surface area contributed by atoms with Crippen LogP contribution in [0.15, 0.2) is 0 Å². The van der Waals surface area contributed by atoms with Crippen molar-refractivity contribution in [2.24, 2.45) is 17.6 Å². The lowest BCUT2D eigenvalue weighted by atomic mass is 9.82. The molecule has 0 aromatic carbocycles. The number of amides is 2. The summed E-state index contributed by atoms with van der Waals surface area (Å²) in [5.41, 5.74) is 5.37. The molecule has 0 radical (unpaired) electrons. The summed E-state index contributed by atoms with van der Waals surface area (Å²) in [6.45, 7) is 4.07. The van der Waals surface area contributed by atoms with Gasteiger partial charge in [-0.25, -0.2) is 0 Å². The van der Waals surface area contributed by atoms with Crippen LogP contribution >= 0.6 is 0 Å². The molecule has 1 aliphatic heterocycles. The van der Waals surface area contributed by atoms with E-state index in [0.717, 1.165) is 38.1 Å². The maximum absolute atomic E-state index is 12.5. The van der Waals surface area contributed by atoms with Gasteiger partial charge in [0.15, 0.2) is 0 Å². The van der Waals surface area contributed by atoms with Crippen LogP contribution in [0.3, 0.4) is 0 Å². The molecule has 3 N–H and O–H groups in total. The Morgan fingerprint density at radius 2 is 1.89 bits per heavy atom. The largest absolute Gasteiger partial charge is 0.368 e. The third kappa shape index (κ3) is 2.83. The Hall–Kier alpha value is -1.10. The first-order valence-corrected chi connectivity index (χ1v) is 6.90. The maximum Gasteiger partial charge on any atom is 0.241 e.